The molecular weight excluding hydrogens is 354 g/mol. The smallest absolute Gasteiger partial charge is 0.277 e. The van der Waals surface area contributed by atoms with Crippen molar-refractivity contribution in [2.24, 2.45) is 7.05 Å². The van der Waals surface area contributed by atoms with Crippen LogP contribution in [0, 0.1) is 6.92 Å². The van der Waals surface area contributed by atoms with Gasteiger partial charge in [-0.05, 0) is 55.5 Å². The first-order valence-corrected chi connectivity index (χ1v) is 9.24. The van der Waals surface area contributed by atoms with Gasteiger partial charge < -0.3 is 9.73 Å². The zero-order valence-corrected chi connectivity index (χ0v) is 15.6. The van der Waals surface area contributed by atoms with Crippen LogP contribution in [0.5, 0.6) is 0 Å². The standard InChI is InChI=1S/C21H19N5O2/c1-12-7-14(5-6-22-12)21-25-18(11-28-21)20(27)24-17-8-15-10-23-26(2)19(15)9-16(17)13-3-4-13/h5-11,13H,3-4H2,1-2H3,(H,24,27). The molecule has 1 amide bonds. The zero-order chi connectivity index (χ0) is 19.3. The number of pyridine rings is 1. The van der Waals surface area contributed by atoms with Crippen LogP contribution in [0.3, 0.4) is 0 Å². The average molecular weight is 373 g/mol. The number of aromatic nitrogens is 4. The number of aryl methyl sites for hydroxylation is 2. The normalized spacial score (nSPS) is 13.8. The van der Waals surface area contributed by atoms with Gasteiger partial charge in [0.05, 0.1) is 11.7 Å². The Morgan fingerprint density at radius 2 is 2.14 bits per heavy atom. The summed E-state index contributed by atoms with van der Waals surface area (Å²) in [5.41, 5.74) is 4.94. The fraction of sp³-hybridized carbons (Fsp3) is 0.238. The number of anilines is 1. The van der Waals surface area contributed by atoms with Crippen molar-refractivity contribution in [3.8, 4) is 11.5 Å². The van der Waals surface area contributed by atoms with E-state index < -0.39 is 0 Å². The Morgan fingerprint density at radius 3 is 2.93 bits per heavy atom. The molecule has 0 radical (unpaired) electrons. The average Bonchev–Trinajstić information content (AvgIpc) is 3.29. The van der Waals surface area contributed by atoms with Crippen molar-refractivity contribution in [3.63, 3.8) is 0 Å². The minimum absolute atomic E-state index is 0.248. The first-order valence-electron chi connectivity index (χ1n) is 9.24. The van der Waals surface area contributed by atoms with Crippen LogP contribution in [0.1, 0.15) is 40.5 Å². The lowest BCUT2D eigenvalue weighted by Gasteiger charge is -2.10. The van der Waals surface area contributed by atoms with Gasteiger partial charge in [0.15, 0.2) is 5.69 Å². The maximum absolute atomic E-state index is 12.8. The molecule has 0 bridgehead atoms. The van der Waals surface area contributed by atoms with E-state index in [1.54, 1.807) is 6.20 Å². The van der Waals surface area contributed by atoms with Gasteiger partial charge in [0.25, 0.3) is 5.91 Å². The first kappa shape index (κ1) is 16.7. The molecule has 4 aromatic rings. The van der Waals surface area contributed by atoms with Crippen LogP contribution in [-0.2, 0) is 7.05 Å². The highest BCUT2D eigenvalue weighted by Gasteiger charge is 2.28. The topological polar surface area (TPSA) is 85.8 Å². The highest BCUT2D eigenvalue weighted by atomic mass is 16.3. The van der Waals surface area contributed by atoms with Gasteiger partial charge in [0.2, 0.25) is 5.89 Å². The van der Waals surface area contributed by atoms with E-state index in [0.29, 0.717) is 11.8 Å². The second-order valence-electron chi connectivity index (χ2n) is 7.22. The molecule has 1 N–H and O–H groups in total. The summed E-state index contributed by atoms with van der Waals surface area (Å²) in [4.78, 5) is 21.3. The number of nitrogens with one attached hydrogen (secondary N) is 1. The lowest BCUT2D eigenvalue weighted by Crippen LogP contribution is -2.13. The van der Waals surface area contributed by atoms with Crippen molar-refractivity contribution in [1.82, 2.24) is 19.7 Å². The number of carbonyl (C=O) groups excluding carboxylic acids is 1. The molecule has 0 saturated heterocycles. The number of hydrogen-bond donors (Lipinski definition) is 1. The maximum atomic E-state index is 12.8. The number of amides is 1. The number of fused-ring (bicyclic) bond motifs is 1. The van der Waals surface area contributed by atoms with Gasteiger partial charge in [-0.2, -0.15) is 5.10 Å². The monoisotopic (exact) mass is 373 g/mol. The van der Waals surface area contributed by atoms with Gasteiger partial charge >= 0.3 is 0 Å². The van der Waals surface area contributed by atoms with Crippen molar-refractivity contribution in [3.05, 3.63) is 59.9 Å². The van der Waals surface area contributed by atoms with Crippen molar-refractivity contribution in [2.75, 3.05) is 5.32 Å². The Labute approximate surface area is 161 Å². The summed E-state index contributed by atoms with van der Waals surface area (Å²) in [6.07, 6.45) is 7.17. The van der Waals surface area contributed by atoms with Gasteiger partial charge in [-0.3, -0.25) is 14.5 Å². The molecule has 3 aromatic heterocycles. The number of nitrogens with zero attached hydrogens (tertiary/aromatic N) is 4. The predicted octanol–water partition coefficient (Wildman–Crippen LogP) is 4.06. The Morgan fingerprint density at radius 1 is 1.29 bits per heavy atom. The summed E-state index contributed by atoms with van der Waals surface area (Å²) < 4.78 is 7.37. The van der Waals surface area contributed by atoms with Crippen molar-refractivity contribution >= 4 is 22.5 Å². The summed E-state index contributed by atoms with van der Waals surface area (Å²) in [7, 11) is 1.93. The number of benzene rings is 1. The third-order valence-electron chi connectivity index (χ3n) is 5.06. The Hall–Kier alpha value is -3.48. The largest absolute Gasteiger partial charge is 0.444 e. The molecule has 1 fully saturated rings. The molecule has 0 aliphatic heterocycles. The van der Waals surface area contributed by atoms with E-state index in [1.165, 1.54) is 6.26 Å². The number of oxazole rings is 1. The van der Waals surface area contributed by atoms with E-state index >= 15 is 0 Å². The second-order valence-corrected chi connectivity index (χ2v) is 7.22. The molecule has 140 valence electrons. The molecule has 28 heavy (non-hydrogen) atoms. The molecule has 1 aromatic carbocycles. The van der Waals surface area contributed by atoms with E-state index in [2.05, 4.69) is 26.4 Å². The Balaban J connectivity index is 1.45. The lowest BCUT2D eigenvalue weighted by atomic mass is 10.1. The van der Waals surface area contributed by atoms with E-state index in [9.17, 15) is 4.79 Å². The highest BCUT2D eigenvalue weighted by Crippen LogP contribution is 2.44. The molecular formula is C21H19N5O2. The molecule has 1 aliphatic rings. The highest BCUT2D eigenvalue weighted by molar-refractivity contribution is 6.04. The van der Waals surface area contributed by atoms with Crippen molar-refractivity contribution < 1.29 is 9.21 Å². The van der Waals surface area contributed by atoms with Gasteiger partial charge in [0.1, 0.15) is 6.26 Å². The summed E-state index contributed by atoms with van der Waals surface area (Å²) in [5, 5.41) is 8.32. The van der Waals surface area contributed by atoms with Crippen LogP contribution in [0.25, 0.3) is 22.4 Å². The van der Waals surface area contributed by atoms with Gasteiger partial charge in [0, 0.05) is 35.6 Å². The summed E-state index contributed by atoms with van der Waals surface area (Å²) in [5.74, 6) is 0.606. The quantitative estimate of drug-likeness (QED) is 0.583. The van der Waals surface area contributed by atoms with Crippen LogP contribution in [0.15, 0.2) is 47.3 Å². The van der Waals surface area contributed by atoms with Gasteiger partial charge in [-0.1, -0.05) is 0 Å². The third kappa shape index (κ3) is 2.94. The molecule has 7 nitrogen and oxygen atoms in total. The lowest BCUT2D eigenvalue weighted by molar-refractivity contribution is 0.102. The van der Waals surface area contributed by atoms with Crippen LogP contribution in [0.4, 0.5) is 5.69 Å². The molecule has 1 saturated carbocycles. The van der Waals surface area contributed by atoms with Crippen LogP contribution in [-0.4, -0.2) is 25.7 Å². The number of hydrogen-bond acceptors (Lipinski definition) is 5. The van der Waals surface area contributed by atoms with E-state index in [-0.39, 0.29) is 11.6 Å². The van der Waals surface area contributed by atoms with Gasteiger partial charge in [-0.25, -0.2) is 4.98 Å². The maximum Gasteiger partial charge on any atom is 0.277 e. The molecule has 0 spiro atoms. The number of rotatable bonds is 4. The van der Waals surface area contributed by atoms with Crippen LogP contribution >= 0.6 is 0 Å². The first-order chi connectivity index (χ1) is 13.6. The fourth-order valence-corrected chi connectivity index (χ4v) is 3.43. The molecule has 7 heteroatoms. The van der Waals surface area contributed by atoms with E-state index in [4.69, 9.17) is 4.42 Å². The Kier molecular flexibility index (Phi) is 3.75. The van der Waals surface area contributed by atoms with Crippen molar-refractivity contribution in [1.29, 1.82) is 0 Å². The van der Waals surface area contributed by atoms with Crippen molar-refractivity contribution in [2.45, 2.75) is 25.7 Å². The minimum Gasteiger partial charge on any atom is -0.444 e. The van der Waals surface area contributed by atoms with Crippen LogP contribution in [0.2, 0.25) is 0 Å². The third-order valence-corrected chi connectivity index (χ3v) is 5.06. The Bertz CT molecular complexity index is 1200. The van der Waals surface area contributed by atoms with E-state index in [1.807, 2.05) is 43.0 Å². The summed E-state index contributed by atoms with van der Waals surface area (Å²) >= 11 is 0. The molecule has 3 heterocycles. The molecule has 1 aliphatic carbocycles. The summed E-state index contributed by atoms with van der Waals surface area (Å²) in [6.45, 7) is 1.90. The number of carbonyl (C=O) groups is 1. The van der Waals surface area contributed by atoms with E-state index in [0.717, 1.165) is 46.3 Å². The molecule has 0 unspecified atom stereocenters. The molecule has 0 atom stereocenters. The minimum atomic E-state index is -0.286. The summed E-state index contributed by atoms with van der Waals surface area (Å²) in [6, 6.07) is 7.79. The second kappa shape index (κ2) is 6.30. The fourth-order valence-electron chi connectivity index (χ4n) is 3.43. The zero-order valence-electron chi connectivity index (χ0n) is 15.6. The molecule has 5 rings (SSSR count). The SMILES string of the molecule is Cc1cc(-c2nc(C(=O)Nc3cc4cnn(C)c4cc3C3CC3)co2)ccn1. The predicted molar refractivity (Wildman–Crippen MR) is 105 cm³/mol. The van der Waals surface area contributed by atoms with Gasteiger partial charge in [-0.15, -0.1) is 0 Å². The van der Waals surface area contributed by atoms with Crippen LogP contribution < -0.4 is 5.32 Å².